The highest BCUT2D eigenvalue weighted by atomic mass is 32.1. The molecular weight excluding hydrogens is 1540 g/mol. The van der Waals surface area contributed by atoms with Crippen LogP contribution >= 0.6 is 68.0 Å². The minimum Gasteiger partial charge on any atom is -0.456 e. The molecule has 22 rings (SSSR count). The normalized spacial score (nSPS) is 11.3. The molecule has 0 N–H and O–H groups in total. The molecule has 0 aliphatic heterocycles. The van der Waals surface area contributed by atoms with Crippen molar-refractivity contribution in [1.82, 2.24) is 13.7 Å². The lowest BCUT2D eigenvalue weighted by Gasteiger charge is -2.25. The average molecular weight is 1640 g/mol. The van der Waals surface area contributed by atoms with E-state index in [0.717, 1.165) is 11.2 Å². The molecule has 0 amide bonds. The van der Waals surface area contributed by atoms with E-state index in [4.69, 9.17) is 4.42 Å². The fraction of sp³-hybridized carbons (Fsp3) is 0.170. The molecule has 0 saturated carbocycles. The number of anilines is 3. The second-order valence-corrected chi connectivity index (χ2v) is 39.0. The lowest BCUT2D eigenvalue weighted by molar-refractivity contribution is 0.669. The number of hydrogen-bond acceptors (Lipinski definition) is 8. The van der Waals surface area contributed by atoms with Crippen molar-refractivity contribution >= 4 is 210 Å². The van der Waals surface area contributed by atoms with Gasteiger partial charge in [-0.15, -0.1) is 68.0 Å². The van der Waals surface area contributed by atoms with E-state index >= 15 is 0 Å². The standard InChI is InChI=1S/C21H19N.C21H21N.C15H15N.C14H12O.C14H12S.C11H11NS2.C10H8S3/c1-14-4-8-17(9-5-14)22-20-10-6-15(2)12-18(20)19-13-16(3)7-11-21(19)22;1-16-4-10-19(11-5-16)22(20-12-6-17(2)7-13-20)21-14-8-18(3)9-15-21;1-10-4-6-14-12(8-10)13-9-11(2)5-7-15(13)16(14)3;2*1-9-3-5-13-11(7-9)12-8-10(2)4-6-14(12)15-13;1-6-4-8-10(13-6)11-9(12(8)3)5-7(2)14-11;1-5-3-7-9(11-5)10-8(13-7)4-6(2)12-10/h4-13H,1-3H3;4-15H,1-3H3;4-9H,1-3H3;2*3-8H,1-2H3;4-5H,1-3H3;3-4H,1-2H3. The van der Waals surface area contributed by atoms with Gasteiger partial charge in [0.15, 0.2) is 0 Å². The number of nitrogens with zero attached hydrogens (tertiary/aromatic N) is 4. The number of aryl methyl sites for hydroxylation is 18. The van der Waals surface area contributed by atoms with Crippen molar-refractivity contribution < 1.29 is 4.42 Å². The zero-order chi connectivity index (χ0) is 81.8. The Bertz CT molecular complexity index is 6830. The summed E-state index contributed by atoms with van der Waals surface area (Å²) in [6, 6.07) is 96.7. The fourth-order valence-corrected chi connectivity index (χ4v) is 22.9. The zero-order valence-electron chi connectivity index (χ0n) is 70.1. The number of fused-ring (bicyclic) bond motifs is 18. The summed E-state index contributed by atoms with van der Waals surface area (Å²) in [5.74, 6) is 0. The molecule has 10 heterocycles. The van der Waals surface area contributed by atoms with Crippen molar-refractivity contribution in [2.24, 2.45) is 14.1 Å². The number of thiophene rings is 6. The topological polar surface area (TPSA) is 31.2 Å². The molecule has 12 aromatic carbocycles. The minimum absolute atomic E-state index is 0.973. The molecule has 0 fully saturated rings. The van der Waals surface area contributed by atoms with Crippen LogP contribution in [0.5, 0.6) is 0 Å². The van der Waals surface area contributed by atoms with Gasteiger partial charge in [-0.05, 0) is 281 Å². The lowest BCUT2D eigenvalue weighted by Crippen LogP contribution is -2.09. The van der Waals surface area contributed by atoms with Crippen molar-refractivity contribution in [3.8, 4) is 5.69 Å². The van der Waals surface area contributed by atoms with Crippen LogP contribution in [0.4, 0.5) is 17.1 Å². The predicted molar refractivity (Wildman–Crippen MR) is 522 cm³/mol. The Morgan fingerprint density at radius 2 is 0.479 bits per heavy atom. The highest BCUT2D eigenvalue weighted by Crippen LogP contribution is 2.45. The third-order valence-electron chi connectivity index (χ3n) is 21.8. The van der Waals surface area contributed by atoms with Gasteiger partial charge in [0.05, 0.1) is 40.9 Å². The van der Waals surface area contributed by atoms with E-state index in [1.54, 1.807) is 0 Å². The fourth-order valence-electron chi connectivity index (χ4n) is 15.7. The maximum Gasteiger partial charge on any atom is 0.135 e. The van der Waals surface area contributed by atoms with Crippen LogP contribution < -0.4 is 4.90 Å². The monoisotopic (exact) mass is 1630 g/mol. The SMILES string of the molecule is Cc1cc2c(s1)c1sc(C)cc1n2C.Cc1cc2sc3cc(C)sc3c2s1.Cc1ccc(-n2c3ccc(C)cc3c3cc(C)ccc32)cc1.Cc1ccc(N(c2ccc(C)cc2)c2ccc(C)cc2)cc1.Cc1ccc2c(c1)c1cc(C)ccc1n2C.Cc1ccc2oc3ccc(C)cc3c2c1.Cc1ccc2sc3ccc(C)cc3c2c1. The summed E-state index contributed by atoms with van der Waals surface area (Å²) in [5, 5.41) is 10.6. The summed E-state index contributed by atoms with van der Waals surface area (Å²) < 4.78 is 24.3. The van der Waals surface area contributed by atoms with Gasteiger partial charge in [-0.3, -0.25) is 0 Å². The van der Waals surface area contributed by atoms with E-state index in [0.29, 0.717) is 0 Å². The highest BCUT2D eigenvalue weighted by Gasteiger charge is 2.18. The first-order valence-electron chi connectivity index (χ1n) is 40.0. The van der Waals surface area contributed by atoms with Gasteiger partial charge in [0.25, 0.3) is 0 Å². The number of furan rings is 1. The Balaban J connectivity index is 0.000000103. The molecule has 0 spiro atoms. The molecule has 0 saturated heterocycles. The Morgan fingerprint density at radius 1 is 0.214 bits per heavy atom. The summed E-state index contributed by atoms with van der Waals surface area (Å²) in [4.78, 5) is 7.94. The van der Waals surface area contributed by atoms with Gasteiger partial charge in [0, 0.05) is 129 Å². The van der Waals surface area contributed by atoms with E-state index in [9.17, 15) is 0 Å². The molecule has 584 valence electrons. The molecule has 11 heteroatoms. The first kappa shape index (κ1) is 79.7. The molecule has 117 heavy (non-hydrogen) atoms. The van der Waals surface area contributed by atoms with Crippen molar-refractivity contribution in [2.75, 3.05) is 4.90 Å². The molecule has 0 aliphatic rings. The number of benzene rings is 12. The van der Waals surface area contributed by atoms with Gasteiger partial charge in [-0.1, -0.05) is 164 Å². The molecule has 5 nitrogen and oxygen atoms in total. The van der Waals surface area contributed by atoms with Gasteiger partial charge in [-0.25, -0.2) is 0 Å². The van der Waals surface area contributed by atoms with Crippen LogP contribution in [0.15, 0.2) is 271 Å². The zero-order valence-corrected chi connectivity index (χ0v) is 74.9. The Kier molecular flexibility index (Phi) is 22.8. The Labute approximate surface area is 710 Å². The van der Waals surface area contributed by atoms with Crippen molar-refractivity contribution in [2.45, 2.75) is 111 Å². The number of hydrogen-bond donors (Lipinski definition) is 0. The van der Waals surface area contributed by atoms with Gasteiger partial charge in [0.2, 0.25) is 0 Å². The summed E-state index contributed by atoms with van der Waals surface area (Å²) in [7, 11) is 4.29. The van der Waals surface area contributed by atoms with E-state index in [2.05, 4.69) is 398 Å². The third-order valence-corrected chi connectivity index (χ3v) is 28.8. The predicted octanol–water partition coefficient (Wildman–Crippen LogP) is 33.5. The van der Waals surface area contributed by atoms with Crippen molar-refractivity contribution in [1.29, 1.82) is 0 Å². The summed E-state index contributed by atoms with van der Waals surface area (Å²) >= 11 is 11.5. The molecule has 10 aromatic heterocycles. The van der Waals surface area contributed by atoms with E-state index in [1.807, 2.05) is 80.2 Å². The molecule has 22 aromatic rings. The van der Waals surface area contributed by atoms with Crippen LogP contribution in [0, 0.1) is 111 Å². The smallest absolute Gasteiger partial charge is 0.135 e. The van der Waals surface area contributed by atoms with Crippen LogP contribution in [0.2, 0.25) is 0 Å². The summed E-state index contributed by atoms with van der Waals surface area (Å²) in [6.45, 7) is 34.3. The minimum atomic E-state index is 0.973. The quantitative estimate of drug-likeness (QED) is 0.176. The number of rotatable bonds is 4. The van der Waals surface area contributed by atoms with Crippen molar-refractivity contribution in [3.05, 3.63) is 353 Å². The van der Waals surface area contributed by atoms with Gasteiger partial charge in [0.1, 0.15) is 11.2 Å². The van der Waals surface area contributed by atoms with Crippen LogP contribution in [-0.2, 0) is 14.1 Å². The van der Waals surface area contributed by atoms with Crippen LogP contribution in [0.25, 0.3) is 131 Å². The van der Waals surface area contributed by atoms with Gasteiger partial charge >= 0.3 is 0 Å². The molecule has 0 bridgehead atoms. The van der Waals surface area contributed by atoms with E-state index < -0.39 is 0 Å². The molecule has 0 aliphatic carbocycles. The van der Waals surface area contributed by atoms with Crippen LogP contribution in [-0.4, -0.2) is 13.7 Å². The third kappa shape index (κ3) is 16.8. The number of aromatic nitrogens is 3. The largest absolute Gasteiger partial charge is 0.456 e. The lowest BCUT2D eigenvalue weighted by atomic mass is 10.1. The molecule has 0 radical (unpaired) electrons. The van der Waals surface area contributed by atoms with Crippen molar-refractivity contribution in [3.63, 3.8) is 0 Å². The highest BCUT2D eigenvalue weighted by molar-refractivity contribution is 7.38. The summed E-state index contributed by atoms with van der Waals surface area (Å²) in [5.41, 5.74) is 30.2. The van der Waals surface area contributed by atoms with E-state index in [1.165, 1.54) is 223 Å². The second kappa shape index (κ2) is 33.5. The Morgan fingerprint density at radius 3 is 0.846 bits per heavy atom. The van der Waals surface area contributed by atoms with E-state index in [-0.39, 0.29) is 0 Å². The van der Waals surface area contributed by atoms with Gasteiger partial charge < -0.3 is 23.0 Å². The molecule has 0 unspecified atom stereocenters. The second-order valence-electron chi connectivity index (χ2n) is 31.8. The van der Waals surface area contributed by atoms with Crippen LogP contribution in [0.1, 0.15) is 86.3 Å². The first-order valence-corrected chi connectivity index (χ1v) is 44.9. The van der Waals surface area contributed by atoms with Gasteiger partial charge in [-0.2, -0.15) is 0 Å². The molecule has 0 atom stereocenters. The maximum atomic E-state index is 5.76. The molecular formula is C106H98N4OS6. The average Bonchev–Trinajstić information content (AvgIpc) is 1.59. The Hall–Kier alpha value is -11.1. The summed E-state index contributed by atoms with van der Waals surface area (Å²) in [6.07, 6.45) is 0. The maximum absolute atomic E-state index is 5.76. The first-order chi connectivity index (χ1) is 56.3. The van der Waals surface area contributed by atoms with Crippen LogP contribution in [0.3, 0.4) is 0 Å².